The van der Waals surface area contributed by atoms with Crippen LogP contribution >= 0.6 is 0 Å². The van der Waals surface area contributed by atoms with Crippen molar-refractivity contribution in [3.63, 3.8) is 0 Å². The number of benzene rings is 2. The summed E-state index contributed by atoms with van der Waals surface area (Å²) < 4.78 is 5.80. The molecule has 2 aromatic carbocycles. The fourth-order valence-electron chi connectivity index (χ4n) is 3.17. The standard InChI is InChI=1S/C17H14N2O3/c20-19(21)13-7-5-11(6-8-13)15-9-12-10-22-16-4-2-1-3-14(16)17(12)18-15/h1-8,12,15H,9-10H2. The van der Waals surface area contributed by atoms with Crippen molar-refractivity contribution in [2.24, 2.45) is 10.9 Å². The summed E-state index contributed by atoms with van der Waals surface area (Å²) in [6, 6.07) is 14.7. The van der Waals surface area contributed by atoms with E-state index in [1.54, 1.807) is 24.3 Å². The van der Waals surface area contributed by atoms with Gasteiger partial charge in [0.1, 0.15) is 5.75 Å². The van der Waals surface area contributed by atoms with E-state index in [0.29, 0.717) is 12.5 Å². The Balaban J connectivity index is 1.67. The second-order valence-corrected chi connectivity index (χ2v) is 5.62. The first kappa shape index (κ1) is 13.0. The van der Waals surface area contributed by atoms with Gasteiger partial charge in [-0.3, -0.25) is 15.1 Å². The Kier molecular flexibility index (Phi) is 2.92. The van der Waals surface area contributed by atoms with Crippen LogP contribution in [0.25, 0.3) is 0 Å². The van der Waals surface area contributed by atoms with Crippen molar-refractivity contribution in [3.8, 4) is 5.75 Å². The number of ether oxygens (including phenoxy) is 1. The van der Waals surface area contributed by atoms with E-state index in [-0.39, 0.29) is 16.7 Å². The molecule has 0 aliphatic carbocycles. The summed E-state index contributed by atoms with van der Waals surface area (Å²) in [5, 5.41) is 10.7. The van der Waals surface area contributed by atoms with E-state index >= 15 is 0 Å². The first-order valence-electron chi connectivity index (χ1n) is 7.26. The molecule has 0 saturated heterocycles. The smallest absolute Gasteiger partial charge is 0.269 e. The summed E-state index contributed by atoms with van der Waals surface area (Å²) in [6.07, 6.45) is 0.890. The molecule has 22 heavy (non-hydrogen) atoms. The van der Waals surface area contributed by atoms with Crippen molar-refractivity contribution < 1.29 is 9.66 Å². The molecule has 0 saturated carbocycles. The Labute approximate surface area is 127 Å². The van der Waals surface area contributed by atoms with Crippen LogP contribution in [0.4, 0.5) is 5.69 Å². The van der Waals surface area contributed by atoms with Crippen LogP contribution in [-0.2, 0) is 0 Å². The lowest BCUT2D eigenvalue weighted by Crippen LogP contribution is -2.25. The number of hydrogen-bond acceptors (Lipinski definition) is 4. The van der Waals surface area contributed by atoms with Gasteiger partial charge in [0.05, 0.1) is 23.3 Å². The number of nitrogens with zero attached hydrogens (tertiary/aromatic N) is 2. The maximum absolute atomic E-state index is 10.7. The highest BCUT2D eigenvalue weighted by Crippen LogP contribution is 2.40. The molecule has 110 valence electrons. The summed E-state index contributed by atoms with van der Waals surface area (Å²) in [6.45, 7) is 0.652. The Morgan fingerprint density at radius 3 is 2.68 bits per heavy atom. The Morgan fingerprint density at radius 2 is 1.91 bits per heavy atom. The lowest BCUT2D eigenvalue weighted by Gasteiger charge is -2.23. The molecular formula is C17H14N2O3. The number of non-ortho nitro benzene ring substituents is 1. The number of fused-ring (bicyclic) bond motifs is 3. The first-order chi connectivity index (χ1) is 10.7. The largest absolute Gasteiger partial charge is 0.492 e. The van der Waals surface area contributed by atoms with Gasteiger partial charge in [0.25, 0.3) is 5.69 Å². The molecule has 2 aromatic rings. The highest BCUT2D eigenvalue weighted by atomic mass is 16.6. The lowest BCUT2D eigenvalue weighted by atomic mass is 9.91. The van der Waals surface area contributed by atoms with Gasteiger partial charge in [-0.05, 0) is 24.1 Å². The molecule has 2 unspecified atom stereocenters. The van der Waals surface area contributed by atoms with Crippen molar-refractivity contribution in [2.45, 2.75) is 12.5 Å². The van der Waals surface area contributed by atoms with Crippen LogP contribution in [0.3, 0.4) is 0 Å². The molecule has 0 fully saturated rings. The van der Waals surface area contributed by atoms with Crippen LogP contribution in [0, 0.1) is 16.0 Å². The fourth-order valence-corrected chi connectivity index (χ4v) is 3.17. The van der Waals surface area contributed by atoms with Gasteiger partial charge in [-0.1, -0.05) is 24.3 Å². The number of para-hydroxylation sites is 1. The van der Waals surface area contributed by atoms with Crippen LogP contribution in [0.1, 0.15) is 23.6 Å². The molecule has 2 aliphatic rings. The SMILES string of the molecule is O=[N+]([O-])c1ccc(C2CC3COc4ccccc4C3=N2)cc1. The van der Waals surface area contributed by atoms with E-state index in [1.807, 2.05) is 24.3 Å². The number of nitro benzene ring substituents is 1. The van der Waals surface area contributed by atoms with Gasteiger partial charge in [-0.2, -0.15) is 0 Å². The lowest BCUT2D eigenvalue weighted by molar-refractivity contribution is -0.384. The molecule has 0 spiro atoms. The van der Waals surface area contributed by atoms with Gasteiger partial charge in [-0.25, -0.2) is 0 Å². The second-order valence-electron chi connectivity index (χ2n) is 5.62. The molecule has 5 nitrogen and oxygen atoms in total. The highest BCUT2D eigenvalue weighted by molar-refractivity contribution is 6.06. The fraction of sp³-hybridized carbons (Fsp3) is 0.235. The van der Waals surface area contributed by atoms with Gasteiger partial charge in [0, 0.05) is 23.6 Å². The van der Waals surface area contributed by atoms with Gasteiger partial charge in [0.2, 0.25) is 0 Å². The number of rotatable bonds is 2. The minimum absolute atomic E-state index is 0.0514. The van der Waals surface area contributed by atoms with Gasteiger partial charge in [0.15, 0.2) is 0 Å². The first-order valence-corrected chi connectivity index (χ1v) is 7.26. The monoisotopic (exact) mass is 294 g/mol. The van der Waals surface area contributed by atoms with Crippen molar-refractivity contribution in [1.29, 1.82) is 0 Å². The molecule has 2 atom stereocenters. The Hall–Kier alpha value is -2.69. The highest BCUT2D eigenvalue weighted by Gasteiger charge is 2.34. The number of aliphatic imine (C=N–C) groups is 1. The van der Waals surface area contributed by atoms with Crippen LogP contribution in [0.15, 0.2) is 53.5 Å². The normalized spacial score (nSPS) is 22.3. The van der Waals surface area contributed by atoms with Crippen molar-refractivity contribution in [1.82, 2.24) is 0 Å². The zero-order valence-corrected chi connectivity index (χ0v) is 11.8. The predicted octanol–water partition coefficient (Wildman–Crippen LogP) is 3.54. The molecule has 0 bridgehead atoms. The maximum atomic E-state index is 10.7. The second kappa shape index (κ2) is 4.94. The molecule has 0 radical (unpaired) electrons. The zero-order chi connectivity index (χ0) is 15.1. The van der Waals surface area contributed by atoms with Crippen molar-refractivity contribution >= 4 is 11.4 Å². The van der Waals surface area contributed by atoms with E-state index < -0.39 is 0 Å². The molecule has 0 amide bonds. The summed E-state index contributed by atoms with van der Waals surface area (Å²) in [7, 11) is 0. The minimum Gasteiger partial charge on any atom is -0.492 e. The molecule has 0 N–H and O–H groups in total. The molecule has 2 heterocycles. The number of nitro groups is 1. The van der Waals surface area contributed by atoms with Crippen LogP contribution in [0.2, 0.25) is 0 Å². The predicted molar refractivity (Wildman–Crippen MR) is 82.4 cm³/mol. The summed E-state index contributed by atoms with van der Waals surface area (Å²) in [5.41, 5.74) is 3.30. The van der Waals surface area contributed by atoms with Crippen LogP contribution in [0.5, 0.6) is 5.75 Å². The van der Waals surface area contributed by atoms with Gasteiger partial charge < -0.3 is 4.74 Å². The maximum Gasteiger partial charge on any atom is 0.269 e. The van der Waals surface area contributed by atoms with E-state index in [2.05, 4.69) is 0 Å². The summed E-state index contributed by atoms with van der Waals surface area (Å²) in [4.78, 5) is 15.2. The third-order valence-corrected chi connectivity index (χ3v) is 4.28. The average molecular weight is 294 g/mol. The summed E-state index contributed by atoms with van der Waals surface area (Å²) in [5.74, 6) is 1.19. The van der Waals surface area contributed by atoms with E-state index in [0.717, 1.165) is 29.0 Å². The third-order valence-electron chi connectivity index (χ3n) is 4.28. The van der Waals surface area contributed by atoms with Gasteiger partial charge in [-0.15, -0.1) is 0 Å². The minimum atomic E-state index is -0.381. The topological polar surface area (TPSA) is 64.7 Å². The van der Waals surface area contributed by atoms with Crippen LogP contribution in [-0.4, -0.2) is 17.2 Å². The molecule has 2 aliphatic heterocycles. The quantitative estimate of drug-likeness (QED) is 0.628. The Morgan fingerprint density at radius 1 is 1.14 bits per heavy atom. The average Bonchev–Trinajstić information content (AvgIpc) is 2.99. The van der Waals surface area contributed by atoms with Gasteiger partial charge >= 0.3 is 0 Å². The molecular weight excluding hydrogens is 280 g/mol. The van der Waals surface area contributed by atoms with Crippen molar-refractivity contribution in [3.05, 3.63) is 69.8 Å². The zero-order valence-electron chi connectivity index (χ0n) is 11.8. The Bertz CT molecular complexity index is 768. The van der Waals surface area contributed by atoms with E-state index in [4.69, 9.17) is 9.73 Å². The third kappa shape index (κ3) is 2.06. The van der Waals surface area contributed by atoms with Crippen LogP contribution < -0.4 is 4.74 Å². The van der Waals surface area contributed by atoms with E-state index in [1.165, 1.54) is 0 Å². The summed E-state index contributed by atoms with van der Waals surface area (Å²) >= 11 is 0. The number of hydrogen-bond donors (Lipinski definition) is 0. The molecule has 0 aromatic heterocycles. The van der Waals surface area contributed by atoms with E-state index in [9.17, 15) is 10.1 Å². The van der Waals surface area contributed by atoms with Crippen molar-refractivity contribution in [2.75, 3.05) is 6.61 Å². The molecule has 5 heteroatoms. The molecule has 4 rings (SSSR count).